The number of carbonyl (C=O) groups is 2. The zero-order chi connectivity index (χ0) is 13.8. The zero-order valence-electron chi connectivity index (χ0n) is 11.1. The smallest absolute Gasteiger partial charge is 0.408 e. The van der Waals surface area contributed by atoms with Crippen LogP contribution in [0.15, 0.2) is 12.2 Å². The van der Waals surface area contributed by atoms with Gasteiger partial charge >= 0.3 is 12.1 Å². The van der Waals surface area contributed by atoms with Crippen LogP contribution in [0.25, 0.3) is 0 Å². The number of carbonyl (C=O) groups excluding carboxylic acids is 1. The molecule has 5 nitrogen and oxygen atoms in total. The average Bonchev–Trinajstić information content (AvgIpc) is 2.94. The van der Waals surface area contributed by atoms with E-state index in [1.165, 1.54) is 6.08 Å². The lowest BCUT2D eigenvalue weighted by Gasteiger charge is -2.22. The molecule has 0 aromatic rings. The highest BCUT2D eigenvalue weighted by atomic mass is 16.6. The largest absolute Gasteiger partial charge is 0.478 e. The van der Waals surface area contributed by atoms with Gasteiger partial charge in [-0.1, -0.05) is 18.9 Å². The Balaban J connectivity index is 2.48. The van der Waals surface area contributed by atoms with E-state index in [9.17, 15) is 9.59 Å². The molecule has 0 aromatic heterocycles. The number of amides is 1. The minimum absolute atomic E-state index is 0.275. The van der Waals surface area contributed by atoms with Crippen molar-refractivity contribution in [2.75, 3.05) is 0 Å². The summed E-state index contributed by atoms with van der Waals surface area (Å²) in [6, 6.07) is -0.275. The Morgan fingerprint density at radius 3 is 2.50 bits per heavy atom. The van der Waals surface area contributed by atoms with Gasteiger partial charge in [-0.05, 0) is 33.1 Å². The lowest BCUT2D eigenvalue weighted by Crippen LogP contribution is -2.38. The van der Waals surface area contributed by atoms with Crippen molar-refractivity contribution >= 4 is 12.1 Å². The first kappa shape index (κ1) is 14.5. The third-order valence-electron chi connectivity index (χ3n) is 2.46. The van der Waals surface area contributed by atoms with E-state index in [0.717, 1.165) is 25.3 Å². The lowest BCUT2D eigenvalue weighted by molar-refractivity contribution is -0.131. The molecule has 5 heteroatoms. The molecule has 1 rings (SSSR count). The minimum atomic E-state index is -1.01. The van der Waals surface area contributed by atoms with Gasteiger partial charge in [0.05, 0.1) is 6.04 Å². The molecule has 0 bridgehead atoms. The van der Waals surface area contributed by atoms with Gasteiger partial charge in [0.25, 0.3) is 0 Å². The Morgan fingerprint density at radius 2 is 2.06 bits per heavy atom. The van der Waals surface area contributed by atoms with Gasteiger partial charge in [-0.25, -0.2) is 9.59 Å². The van der Waals surface area contributed by atoms with Crippen LogP contribution in [-0.4, -0.2) is 28.8 Å². The third kappa shape index (κ3) is 6.93. The molecule has 1 fully saturated rings. The molecule has 0 spiro atoms. The Bertz CT molecular complexity index is 339. The first-order valence-corrected chi connectivity index (χ1v) is 6.17. The first-order valence-electron chi connectivity index (χ1n) is 6.17. The number of hydrogen-bond donors (Lipinski definition) is 2. The number of carboxylic acid groups (broad SMARTS) is 1. The summed E-state index contributed by atoms with van der Waals surface area (Å²) in [6.45, 7) is 5.36. The van der Waals surface area contributed by atoms with E-state index in [2.05, 4.69) is 5.32 Å². The second-order valence-corrected chi connectivity index (χ2v) is 5.63. The Labute approximate surface area is 107 Å². The highest BCUT2D eigenvalue weighted by molar-refractivity contribution is 5.80. The van der Waals surface area contributed by atoms with Gasteiger partial charge in [-0.3, -0.25) is 0 Å². The van der Waals surface area contributed by atoms with Crippen molar-refractivity contribution in [3.63, 3.8) is 0 Å². The first-order chi connectivity index (χ1) is 8.26. The zero-order valence-corrected chi connectivity index (χ0v) is 11.1. The van der Waals surface area contributed by atoms with Crippen LogP contribution in [0.5, 0.6) is 0 Å². The molecule has 0 aromatic carbocycles. The number of carboxylic acids is 1. The summed E-state index contributed by atoms with van der Waals surface area (Å²) in [6.07, 6.45) is 5.11. The number of ether oxygens (including phenoxy) is 1. The van der Waals surface area contributed by atoms with Gasteiger partial charge in [-0.2, -0.15) is 0 Å². The van der Waals surface area contributed by atoms with E-state index in [1.807, 2.05) is 0 Å². The van der Waals surface area contributed by atoms with E-state index < -0.39 is 17.7 Å². The van der Waals surface area contributed by atoms with Gasteiger partial charge in [0.1, 0.15) is 5.60 Å². The van der Waals surface area contributed by atoms with Crippen molar-refractivity contribution in [3.05, 3.63) is 12.2 Å². The quantitative estimate of drug-likeness (QED) is 0.739. The van der Waals surface area contributed by atoms with Crippen molar-refractivity contribution in [1.29, 1.82) is 0 Å². The molecule has 1 atom stereocenters. The van der Waals surface area contributed by atoms with E-state index >= 15 is 0 Å². The van der Waals surface area contributed by atoms with Gasteiger partial charge in [0.15, 0.2) is 0 Å². The van der Waals surface area contributed by atoms with Crippen molar-refractivity contribution in [3.8, 4) is 0 Å². The molecule has 0 saturated heterocycles. The molecule has 0 unspecified atom stereocenters. The van der Waals surface area contributed by atoms with Crippen LogP contribution in [0.2, 0.25) is 0 Å². The van der Waals surface area contributed by atoms with Crippen LogP contribution >= 0.6 is 0 Å². The fourth-order valence-corrected chi connectivity index (χ4v) is 1.56. The van der Waals surface area contributed by atoms with Crippen LogP contribution < -0.4 is 5.32 Å². The monoisotopic (exact) mass is 255 g/mol. The number of rotatable bonds is 5. The fraction of sp³-hybridized carbons (Fsp3) is 0.692. The molecule has 18 heavy (non-hydrogen) atoms. The molecule has 2 N–H and O–H groups in total. The molecule has 0 heterocycles. The second-order valence-electron chi connectivity index (χ2n) is 5.63. The van der Waals surface area contributed by atoms with Crippen molar-refractivity contribution in [1.82, 2.24) is 5.32 Å². The summed E-state index contributed by atoms with van der Waals surface area (Å²) < 4.78 is 5.15. The Kier molecular flexibility index (Phi) is 4.76. The van der Waals surface area contributed by atoms with E-state index in [1.54, 1.807) is 20.8 Å². The molecule has 0 radical (unpaired) electrons. The standard InChI is InChI=1S/C13H21NO4/c1-13(2,3)18-12(17)14-10(6-7-11(15)16)8-9-4-5-9/h6-7,9-10H,4-5,8H2,1-3H3,(H,14,17)(H,15,16)/t10-/m1/s1. The van der Waals surface area contributed by atoms with Gasteiger partial charge in [-0.15, -0.1) is 0 Å². The summed E-state index contributed by atoms with van der Waals surface area (Å²) >= 11 is 0. The summed E-state index contributed by atoms with van der Waals surface area (Å²) in [5, 5.41) is 11.3. The van der Waals surface area contributed by atoms with Crippen LogP contribution in [-0.2, 0) is 9.53 Å². The predicted molar refractivity (Wildman–Crippen MR) is 67.3 cm³/mol. The molecule has 102 valence electrons. The molecule has 1 aliphatic rings. The minimum Gasteiger partial charge on any atom is -0.478 e. The number of aliphatic carboxylic acids is 1. The topological polar surface area (TPSA) is 75.6 Å². The highest BCUT2D eigenvalue weighted by Gasteiger charge is 2.26. The molecule has 0 aliphatic heterocycles. The van der Waals surface area contributed by atoms with E-state index in [4.69, 9.17) is 9.84 Å². The molecule has 1 amide bonds. The molecule has 1 aliphatic carbocycles. The Hall–Kier alpha value is -1.52. The van der Waals surface area contributed by atoms with Crippen LogP contribution in [0.4, 0.5) is 4.79 Å². The lowest BCUT2D eigenvalue weighted by atomic mass is 10.1. The summed E-state index contributed by atoms with van der Waals surface area (Å²) in [5.41, 5.74) is -0.551. The van der Waals surface area contributed by atoms with E-state index in [0.29, 0.717) is 5.92 Å². The number of nitrogens with one attached hydrogen (secondary N) is 1. The third-order valence-corrected chi connectivity index (χ3v) is 2.46. The van der Waals surface area contributed by atoms with Crippen LogP contribution in [0.1, 0.15) is 40.0 Å². The maximum atomic E-state index is 11.6. The van der Waals surface area contributed by atoms with E-state index in [-0.39, 0.29) is 6.04 Å². The van der Waals surface area contributed by atoms with Crippen LogP contribution in [0, 0.1) is 5.92 Å². The van der Waals surface area contributed by atoms with Crippen molar-refractivity contribution in [2.45, 2.75) is 51.7 Å². The maximum Gasteiger partial charge on any atom is 0.408 e. The molecule has 1 saturated carbocycles. The number of hydrogen-bond acceptors (Lipinski definition) is 3. The van der Waals surface area contributed by atoms with Crippen LogP contribution in [0.3, 0.4) is 0 Å². The number of alkyl carbamates (subject to hydrolysis) is 1. The summed E-state index contributed by atoms with van der Waals surface area (Å²) in [4.78, 5) is 22.1. The maximum absolute atomic E-state index is 11.6. The normalized spacial score (nSPS) is 17.5. The predicted octanol–water partition coefficient (Wildman–Crippen LogP) is 2.32. The van der Waals surface area contributed by atoms with Gasteiger partial charge in [0.2, 0.25) is 0 Å². The second kappa shape index (κ2) is 5.89. The average molecular weight is 255 g/mol. The summed E-state index contributed by atoms with van der Waals surface area (Å²) in [5.74, 6) is -0.426. The fourth-order valence-electron chi connectivity index (χ4n) is 1.56. The summed E-state index contributed by atoms with van der Waals surface area (Å²) in [7, 11) is 0. The van der Waals surface area contributed by atoms with Gasteiger partial charge in [0, 0.05) is 6.08 Å². The van der Waals surface area contributed by atoms with Gasteiger partial charge < -0.3 is 15.2 Å². The SMILES string of the molecule is CC(C)(C)OC(=O)N[C@H](C=CC(=O)O)CC1CC1. The van der Waals surface area contributed by atoms with Crippen molar-refractivity contribution in [2.24, 2.45) is 5.92 Å². The Morgan fingerprint density at radius 1 is 1.44 bits per heavy atom. The molecular weight excluding hydrogens is 234 g/mol. The van der Waals surface area contributed by atoms with Crippen molar-refractivity contribution < 1.29 is 19.4 Å². The highest BCUT2D eigenvalue weighted by Crippen LogP contribution is 2.33. The molecular formula is C13H21NO4.